The number of carbonyl (C=O) groups is 2. The average Bonchev–Trinajstić information content (AvgIpc) is 3.13. The van der Waals surface area contributed by atoms with Gasteiger partial charge in [-0.25, -0.2) is 13.6 Å². The third-order valence-corrected chi connectivity index (χ3v) is 8.01. The topological polar surface area (TPSA) is 112 Å². The first-order valence-electron chi connectivity index (χ1n) is 12.2. The Hall–Kier alpha value is -4.17. The summed E-state index contributed by atoms with van der Waals surface area (Å²) in [5, 5.41) is 1.76. The first-order valence-corrected chi connectivity index (χ1v) is 13.2. The highest BCUT2D eigenvalue weighted by Crippen LogP contribution is 2.44. The minimum Gasteiger partial charge on any atom is -0.451 e. The van der Waals surface area contributed by atoms with Gasteiger partial charge in [0.1, 0.15) is 12.2 Å². The number of ether oxygens (including phenoxy) is 4. The SMILES string of the molecule is COC(=O)OCOc1c2n(ccc1=O)N(C1c3ccc(F)c(F)c3CSc3cccnc31)[C@@H]1COCCN1C2=O. The Bertz CT molecular complexity index is 1570. The maximum Gasteiger partial charge on any atom is 0.510 e. The van der Waals surface area contributed by atoms with Crippen molar-refractivity contribution in [1.82, 2.24) is 14.6 Å². The molecule has 208 valence electrons. The highest BCUT2D eigenvalue weighted by molar-refractivity contribution is 7.98. The van der Waals surface area contributed by atoms with Gasteiger partial charge in [0.2, 0.25) is 18.0 Å². The molecule has 3 aromatic rings. The lowest BCUT2D eigenvalue weighted by Crippen LogP contribution is -2.66. The van der Waals surface area contributed by atoms with Crippen LogP contribution < -0.4 is 15.2 Å². The van der Waals surface area contributed by atoms with Crippen LogP contribution in [0.4, 0.5) is 13.6 Å². The molecule has 0 radical (unpaired) electrons. The summed E-state index contributed by atoms with van der Waals surface area (Å²) in [7, 11) is 1.12. The molecule has 0 spiro atoms. The number of amides is 1. The van der Waals surface area contributed by atoms with Gasteiger partial charge in [0.15, 0.2) is 17.3 Å². The van der Waals surface area contributed by atoms with E-state index in [-0.39, 0.29) is 42.5 Å². The number of halogens is 2. The number of benzene rings is 1. The molecular formula is C26H22F2N4O7S. The van der Waals surface area contributed by atoms with Gasteiger partial charge in [-0.1, -0.05) is 6.07 Å². The van der Waals surface area contributed by atoms with Crippen LogP contribution in [0.1, 0.15) is 33.4 Å². The number of thioether (sulfide) groups is 1. The highest BCUT2D eigenvalue weighted by atomic mass is 32.2. The van der Waals surface area contributed by atoms with Gasteiger partial charge in [0.25, 0.3) is 5.91 Å². The fourth-order valence-electron chi connectivity index (χ4n) is 5.16. The second-order valence-electron chi connectivity index (χ2n) is 9.00. The van der Waals surface area contributed by atoms with Crippen molar-refractivity contribution in [2.24, 2.45) is 0 Å². The molecule has 0 N–H and O–H groups in total. The number of aromatic nitrogens is 2. The van der Waals surface area contributed by atoms with E-state index in [1.807, 2.05) is 6.07 Å². The Morgan fingerprint density at radius 1 is 1.23 bits per heavy atom. The van der Waals surface area contributed by atoms with E-state index in [0.717, 1.165) is 18.1 Å². The van der Waals surface area contributed by atoms with Crippen molar-refractivity contribution in [2.45, 2.75) is 22.9 Å². The summed E-state index contributed by atoms with van der Waals surface area (Å²) in [6.07, 6.45) is 1.29. The largest absolute Gasteiger partial charge is 0.510 e. The quantitative estimate of drug-likeness (QED) is 0.342. The molecule has 1 unspecified atom stereocenters. The smallest absolute Gasteiger partial charge is 0.451 e. The Morgan fingerprint density at radius 3 is 2.90 bits per heavy atom. The molecule has 0 bridgehead atoms. The van der Waals surface area contributed by atoms with Crippen LogP contribution in [0.2, 0.25) is 0 Å². The van der Waals surface area contributed by atoms with E-state index < -0.39 is 48.1 Å². The van der Waals surface area contributed by atoms with Crippen molar-refractivity contribution in [1.29, 1.82) is 0 Å². The number of pyridine rings is 2. The van der Waals surface area contributed by atoms with Crippen LogP contribution in [0.5, 0.6) is 5.75 Å². The number of hydrogen-bond donors (Lipinski definition) is 0. The zero-order valence-corrected chi connectivity index (χ0v) is 21.9. The van der Waals surface area contributed by atoms with Crippen LogP contribution in [0.15, 0.2) is 52.4 Å². The highest BCUT2D eigenvalue weighted by Gasteiger charge is 2.47. The molecule has 40 heavy (non-hydrogen) atoms. The standard InChI is InChI=1S/C26H22F2N4O7S/c1-36-26(35)39-13-38-24-17(33)6-8-31-23(24)25(34)30-9-10-37-11-19(30)32(31)22-14-4-5-16(27)20(28)15(14)12-40-18-3-2-7-29-21(18)22/h2-8,19,22H,9-13H2,1H3/t19-,22?/m1/s1. The van der Waals surface area contributed by atoms with Gasteiger partial charge in [-0.15, -0.1) is 11.8 Å². The van der Waals surface area contributed by atoms with E-state index in [0.29, 0.717) is 11.3 Å². The maximum absolute atomic E-state index is 15.2. The molecule has 0 aliphatic carbocycles. The van der Waals surface area contributed by atoms with Gasteiger partial charge in [0.05, 0.1) is 26.0 Å². The molecule has 1 amide bonds. The van der Waals surface area contributed by atoms with Crippen molar-refractivity contribution < 1.29 is 37.3 Å². The van der Waals surface area contributed by atoms with E-state index >= 15 is 4.39 Å². The third-order valence-electron chi connectivity index (χ3n) is 6.92. The zero-order valence-electron chi connectivity index (χ0n) is 21.0. The number of nitrogens with zero attached hydrogens (tertiary/aromatic N) is 4. The minimum atomic E-state index is -1.03. The van der Waals surface area contributed by atoms with Crippen molar-refractivity contribution in [3.8, 4) is 5.75 Å². The molecule has 3 aliphatic rings. The molecule has 1 aromatic carbocycles. The third kappa shape index (κ3) is 4.23. The predicted molar refractivity (Wildman–Crippen MR) is 136 cm³/mol. The molecule has 5 heterocycles. The van der Waals surface area contributed by atoms with Crippen LogP contribution in [0.25, 0.3) is 0 Å². The Kier molecular flexibility index (Phi) is 6.80. The molecule has 1 saturated heterocycles. The van der Waals surface area contributed by atoms with E-state index in [4.69, 9.17) is 14.2 Å². The first kappa shape index (κ1) is 26.1. The van der Waals surface area contributed by atoms with Crippen LogP contribution in [-0.4, -0.2) is 66.4 Å². The van der Waals surface area contributed by atoms with Crippen LogP contribution >= 0.6 is 11.8 Å². The van der Waals surface area contributed by atoms with Gasteiger partial charge < -0.3 is 23.8 Å². The van der Waals surface area contributed by atoms with Crippen LogP contribution in [0.3, 0.4) is 0 Å². The van der Waals surface area contributed by atoms with E-state index in [9.17, 15) is 18.8 Å². The molecule has 6 rings (SSSR count). The lowest BCUT2D eigenvalue weighted by atomic mass is 9.96. The van der Waals surface area contributed by atoms with Crippen LogP contribution in [0, 0.1) is 11.6 Å². The predicted octanol–water partition coefficient (Wildman–Crippen LogP) is 2.79. The Labute approximate surface area is 230 Å². The number of fused-ring (bicyclic) bond motifs is 4. The maximum atomic E-state index is 15.2. The molecule has 2 aromatic heterocycles. The van der Waals surface area contributed by atoms with E-state index in [1.54, 1.807) is 17.3 Å². The molecule has 1 fully saturated rings. The molecule has 0 saturated carbocycles. The second kappa shape index (κ2) is 10.4. The monoisotopic (exact) mass is 572 g/mol. The summed E-state index contributed by atoms with van der Waals surface area (Å²) in [5.41, 5.74) is 0.419. The van der Waals surface area contributed by atoms with Gasteiger partial charge in [0, 0.05) is 41.2 Å². The molecule has 3 aliphatic heterocycles. The Morgan fingerprint density at radius 2 is 2.08 bits per heavy atom. The van der Waals surface area contributed by atoms with Crippen molar-refractivity contribution in [2.75, 3.05) is 38.7 Å². The summed E-state index contributed by atoms with van der Waals surface area (Å²) in [4.78, 5) is 45.1. The first-order chi connectivity index (χ1) is 19.4. The number of morpholine rings is 1. The molecule has 11 nitrogen and oxygen atoms in total. The number of rotatable bonds is 4. The second-order valence-corrected chi connectivity index (χ2v) is 10.0. The fourth-order valence-corrected chi connectivity index (χ4v) is 6.24. The van der Waals surface area contributed by atoms with Gasteiger partial charge in [-0.3, -0.25) is 24.3 Å². The van der Waals surface area contributed by atoms with Gasteiger partial charge in [-0.2, -0.15) is 0 Å². The Balaban J connectivity index is 1.58. The lowest BCUT2D eigenvalue weighted by molar-refractivity contribution is -0.0210. The summed E-state index contributed by atoms with van der Waals surface area (Å²) in [6.45, 7) is -0.136. The van der Waals surface area contributed by atoms with E-state index in [1.165, 1.54) is 39.7 Å². The summed E-state index contributed by atoms with van der Waals surface area (Å²) in [6, 6.07) is 6.55. The van der Waals surface area contributed by atoms with Crippen molar-refractivity contribution >= 4 is 23.8 Å². The average molecular weight is 573 g/mol. The zero-order chi connectivity index (χ0) is 28.0. The fraction of sp³-hybridized carbons (Fsp3) is 0.308. The lowest BCUT2D eigenvalue weighted by Gasteiger charge is -2.51. The summed E-state index contributed by atoms with van der Waals surface area (Å²) < 4.78 is 51.6. The van der Waals surface area contributed by atoms with Crippen molar-refractivity contribution in [3.05, 3.63) is 87.1 Å². The normalized spacial score (nSPS) is 19.5. The molecule has 14 heteroatoms. The molecular weight excluding hydrogens is 550 g/mol. The van der Waals surface area contributed by atoms with Gasteiger partial charge >= 0.3 is 6.16 Å². The molecule has 2 atom stereocenters. The summed E-state index contributed by atoms with van der Waals surface area (Å²) in [5.74, 6) is -2.64. The van der Waals surface area contributed by atoms with Crippen molar-refractivity contribution in [3.63, 3.8) is 0 Å². The van der Waals surface area contributed by atoms with Gasteiger partial charge in [-0.05, 0) is 23.8 Å². The minimum absolute atomic E-state index is 0.101. The van der Waals surface area contributed by atoms with E-state index in [2.05, 4.69) is 9.72 Å². The number of carbonyl (C=O) groups excluding carboxylic acids is 2. The summed E-state index contributed by atoms with van der Waals surface area (Å²) >= 11 is 1.32. The number of hydrogen-bond acceptors (Lipinski definition) is 10. The van der Waals surface area contributed by atoms with Crippen LogP contribution in [-0.2, 0) is 20.0 Å². The number of methoxy groups -OCH3 is 1.